The molecule has 4 bridgehead atoms. The van der Waals surface area contributed by atoms with Gasteiger partial charge in [-0.2, -0.15) is 0 Å². The zero-order valence-corrected chi connectivity index (χ0v) is 29.5. The summed E-state index contributed by atoms with van der Waals surface area (Å²) in [6.07, 6.45) is 16.3. The lowest BCUT2D eigenvalue weighted by atomic mass is 9.57. The minimum atomic E-state index is -0.752. The maximum atomic E-state index is 6.76. The van der Waals surface area contributed by atoms with Gasteiger partial charge < -0.3 is 18.9 Å². The van der Waals surface area contributed by atoms with Gasteiger partial charge in [-0.15, -0.1) is 0 Å². The molecular weight excluding hydrogens is 608 g/mol. The number of hydrogen-bond donors (Lipinski definition) is 0. The quantitative estimate of drug-likeness (QED) is 0.299. The number of hydrogen-bond acceptors (Lipinski definition) is 8. The standard InChI is InChI=1S/C40H54O8/c1-23-7-15-31-25(3)33(41-35-39(31)29(23)19-21-37(5,43-35)45-47-39)17-13-27-9-11-28(12-10-27)14-18-34-26(4)32-16-8-24(2)30-20-22-38(6)44-36(42-34)40(30,32)48-46-38/h9-14,17-18,23-26,29-36H,7-8,15-16,19-22H2,1-6H3/b17-13-,18-14-/t23-,24-,25-,26-,29+,30+,31+,32+,33?,34?,35+,36+,37-,38-,39-,40-/m1/s1. The van der Waals surface area contributed by atoms with Gasteiger partial charge in [0.15, 0.2) is 23.8 Å². The number of benzene rings is 1. The largest absolute Gasteiger partial charge is 0.342 e. The average Bonchev–Trinajstić information content (AvgIpc) is 3.45. The number of rotatable bonds is 4. The zero-order valence-electron chi connectivity index (χ0n) is 29.5. The van der Waals surface area contributed by atoms with Crippen molar-refractivity contribution >= 4 is 12.2 Å². The molecule has 0 amide bonds. The first-order chi connectivity index (χ1) is 23.0. The second-order valence-electron chi connectivity index (χ2n) is 17.1. The van der Waals surface area contributed by atoms with Crippen molar-refractivity contribution in [3.05, 3.63) is 47.5 Å². The predicted molar refractivity (Wildman–Crippen MR) is 178 cm³/mol. The van der Waals surface area contributed by atoms with E-state index in [4.69, 9.17) is 38.5 Å². The van der Waals surface area contributed by atoms with Crippen molar-refractivity contribution in [2.45, 2.75) is 140 Å². The third-order valence-corrected chi connectivity index (χ3v) is 14.3. The summed E-state index contributed by atoms with van der Waals surface area (Å²) < 4.78 is 26.6. The smallest absolute Gasteiger partial charge is 0.201 e. The van der Waals surface area contributed by atoms with Crippen molar-refractivity contribution < 1.29 is 38.5 Å². The first-order valence-corrected chi connectivity index (χ1v) is 18.9. The molecule has 48 heavy (non-hydrogen) atoms. The molecule has 2 aliphatic carbocycles. The summed E-state index contributed by atoms with van der Waals surface area (Å²) in [5.41, 5.74) is 1.24. The molecule has 8 heteroatoms. The monoisotopic (exact) mass is 662 g/mol. The molecule has 262 valence electrons. The van der Waals surface area contributed by atoms with Gasteiger partial charge in [0.1, 0.15) is 0 Å². The Labute approximate surface area is 285 Å². The lowest BCUT2D eigenvalue weighted by Crippen LogP contribution is -2.70. The van der Waals surface area contributed by atoms with Gasteiger partial charge in [-0.3, -0.25) is 0 Å². The van der Waals surface area contributed by atoms with Crippen LogP contribution in [0, 0.1) is 47.3 Å². The van der Waals surface area contributed by atoms with Crippen molar-refractivity contribution in [1.29, 1.82) is 0 Å². The molecule has 2 spiro atoms. The van der Waals surface area contributed by atoms with Crippen LogP contribution in [0.3, 0.4) is 0 Å². The Bertz CT molecular complexity index is 1340. The van der Waals surface area contributed by atoms with E-state index in [-0.39, 0.29) is 24.0 Å². The van der Waals surface area contributed by atoms with Crippen LogP contribution in [0.1, 0.15) is 104 Å². The Morgan fingerprint density at radius 2 is 0.958 bits per heavy atom. The minimum Gasteiger partial charge on any atom is -0.342 e. The van der Waals surface area contributed by atoms with Crippen molar-refractivity contribution in [1.82, 2.24) is 0 Å². The summed E-state index contributed by atoms with van der Waals surface area (Å²) in [5, 5.41) is 0. The number of fused-ring (bicyclic) bond motifs is 4. The van der Waals surface area contributed by atoms with E-state index in [2.05, 4.69) is 76.3 Å². The van der Waals surface area contributed by atoms with Crippen molar-refractivity contribution in [3.63, 3.8) is 0 Å². The van der Waals surface area contributed by atoms with Gasteiger partial charge in [-0.1, -0.05) is 76.3 Å². The van der Waals surface area contributed by atoms with Crippen LogP contribution in [0.5, 0.6) is 0 Å². The van der Waals surface area contributed by atoms with Gasteiger partial charge in [-0.25, -0.2) is 19.6 Å². The zero-order chi connectivity index (χ0) is 33.1. The highest BCUT2D eigenvalue weighted by Gasteiger charge is 2.70. The van der Waals surface area contributed by atoms with Gasteiger partial charge in [0.05, 0.1) is 12.2 Å². The van der Waals surface area contributed by atoms with E-state index in [0.29, 0.717) is 35.5 Å². The van der Waals surface area contributed by atoms with E-state index in [9.17, 15) is 0 Å². The summed E-state index contributed by atoms with van der Waals surface area (Å²) in [5.74, 6) is 1.60. The van der Waals surface area contributed by atoms with Crippen LogP contribution in [-0.2, 0) is 38.5 Å². The topological polar surface area (TPSA) is 73.8 Å². The van der Waals surface area contributed by atoms with E-state index in [1.807, 2.05) is 13.8 Å². The van der Waals surface area contributed by atoms with Gasteiger partial charge in [-0.05, 0) is 99.0 Å². The SMILES string of the molecule is C[C@@H]1CC[C@H]2[C@@H](C)C(/C=C\c3ccc(/C=C\C4O[C@H]5O[C@@]6(C)CC[C@H]7[C@H](C)CC[C@@H]([C@H]4C)[C@@]57OO6)cc3)O[C@H]3O[C@@]4(C)CC[C@@H]1[C@]32OO4. The average molecular weight is 663 g/mol. The molecule has 1 aromatic rings. The lowest BCUT2D eigenvalue weighted by Gasteiger charge is -2.60. The molecule has 0 radical (unpaired) electrons. The van der Waals surface area contributed by atoms with Gasteiger partial charge in [0.2, 0.25) is 11.6 Å². The van der Waals surface area contributed by atoms with E-state index in [1.165, 1.54) is 12.8 Å². The fraction of sp³-hybridized carbons (Fsp3) is 0.750. The highest BCUT2D eigenvalue weighted by molar-refractivity contribution is 5.56. The number of ether oxygens (including phenoxy) is 4. The maximum absolute atomic E-state index is 6.76. The summed E-state index contributed by atoms with van der Waals surface area (Å²) in [7, 11) is 0. The van der Waals surface area contributed by atoms with Gasteiger partial charge in [0.25, 0.3) is 0 Å². The molecule has 10 aliphatic rings. The molecule has 8 aliphatic heterocycles. The molecule has 10 fully saturated rings. The van der Waals surface area contributed by atoms with E-state index in [0.717, 1.165) is 49.7 Å². The Morgan fingerprint density at radius 3 is 1.38 bits per heavy atom. The molecule has 8 nitrogen and oxygen atoms in total. The lowest BCUT2D eigenvalue weighted by molar-refractivity contribution is -0.569. The molecule has 2 saturated carbocycles. The van der Waals surface area contributed by atoms with E-state index in [1.54, 1.807) is 0 Å². The summed E-state index contributed by atoms with van der Waals surface area (Å²) >= 11 is 0. The van der Waals surface area contributed by atoms with Crippen molar-refractivity contribution in [2.24, 2.45) is 47.3 Å². The molecule has 2 unspecified atom stereocenters. The fourth-order valence-corrected chi connectivity index (χ4v) is 11.4. The first-order valence-electron chi connectivity index (χ1n) is 18.9. The van der Waals surface area contributed by atoms with Crippen LogP contribution >= 0.6 is 0 Å². The predicted octanol–water partition coefficient (Wildman–Crippen LogP) is 8.21. The molecule has 1 aromatic carbocycles. The molecule has 8 saturated heterocycles. The summed E-state index contributed by atoms with van der Waals surface area (Å²) in [6, 6.07) is 8.72. The Kier molecular flexibility index (Phi) is 7.70. The van der Waals surface area contributed by atoms with Crippen LogP contribution in [0.25, 0.3) is 12.2 Å². The normalized spacial score (nSPS) is 54.1. The van der Waals surface area contributed by atoms with Crippen molar-refractivity contribution in [3.8, 4) is 0 Å². The van der Waals surface area contributed by atoms with Crippen LogP contribution in [-0.4, -0.2) is 47.6 Å². The highest BCUT2D eigenvalue weighted by Crippen LogP contribution is 2.62. The Balaban J connectivity index is 0.896. The third-order valence-electron chi connectivity index (χ3n) is 14.3. The van der Waals surface area contributed by atoms with Gasteiger partial charge >= 0.3 is 0 Å². The maximum Gasteiger partial charge on any atom is 0.201 e. The molecule has 11 rings (SSSR count). The van der Waals surface area contributed by atoms with Crippen molar-refractivity contribution in [2.75, 3.05) is 0 Å². The molecule has 0 N–H and O–H groups in total. The highest BCUT2D eigenvalue weighted by atomic mass is 17.3. The first kappa shape index (κ1) is 32.3. The second kappa shape index (κ2) is 11.4. The van der Waals surface area contributed by atoms with Crippen LogP contribution in [0.15, 0.2) is 36.4 Å². The van der Waals surface area contributed by atoms with Crippen LogP contribution in [0.2, 0.25) is 0 Å². The summed E-state index contributed by atoms with van der Waals surface area (Å²) in [4.78, 5) is 24.6. The van der Waals surface area contributed by atoms with E-state index < -0.39 is 35.4 Å². The Hall–Kier alpha value is -1.62. The minimum absolute atomic E-state index is 0.0560. The molecule has 16 atom stereocenters. The molecule has 8 heterocycles. The van der Waals surface area contributed by atoms with Crippen LogP contribution < -0.4 is 0 Å². The Morgan fingerprint density at radius 1 is 0.542 bits per heavy atom. The molecule has 0 aromatic heterocycles. The third kappa shape index (κ3) is 4.77. The van der Waals surface area contributed by atoms with E-state index >= 15 is 0 Å². The van der Waals surface area contributed by atoms with Gasteiger partial charge in [0, 0.05) is 24.7 Å². The second-order valence-corrected chi connectivity index (χ2v) is 17.1. The fourth-order valence-electron chi connectivity index (χ4n) is 11.4. The van der Waals surface area contributed by atoms with Crippen LogP contribution in [0.4, 0.5) is 0 Å². The molecular formula is C40H54O8. The summed E-state index contributed by atoms with van der Waals surface area (Å²) in [6.45, 7) is 13.3.